The lowest BCUT2D eigenvalue weighted by molar-refractivity contribution is 0.528. The first-order valence-corrected chi connectivity index (χ1v) is 12.2. The molecule has 0 bridgehead atoms. The number of fused-ring (bicyclic) bond motifs is 1. The number of allylic oxidation sites excluding steroid dienone is 1. The van der Waals surface area contributed by atoms with Crippen LogP contribution in [0.2, 0.25) is 0 Å². The highest BCUT2D eigenvalue weighted by atomic mass is 32.2. The van der Waals surface area contributed by atoms with Crippen LogP contribution in [0.3, 0.4) is 0 Å². The number of hydrogen-bond acceptors (Lipinski definition) is 7. The Morgan fingerprint density at radius 2 is 1.88 bits per heavy atom. The van der Waals surface area contributed by atoms with Gasteiger partial charge >= 0.3 is 0 Å². The van der Waals surface area contributed by atoms with E-state index in [0.29, 0.717) is 39.5 Å². The van der Waals surface area contributed by atoms with Gasteiger partial charge in [0.15, 0.2) is 5.16 Å². The highest BCUT2D eigenvalue weighted by Crippen LogP contribution is 2.33. The van der Waals surface area contributed by atoms with E-state index in [-0.39, 0.29) is 5.56 Å². The topological polar surface area (TPSA) is 73.8 Å². The second kappa shape index (κ2) is 9.17. The molecule has 33 heavy (non-hydrogen) atoms. The van der Waals surface area contributed by atoms with Crippen molar-refractivity contribution in [3.05, 3.63) is 94.4 Å². The molecule has 0 radical (unpaired) electrons. The van der Waals surface area contributed by atoms with Crippen molar-refractivity contribution in [3.8, 4) is 22.6 Å². The molecule has 6 nitrogen and oxygen atoms in total. The summed E-state index contributed by atoms with van der Waals surface area (Å²) in [6.07, 6.45) is 1.71. The summed E-state index contributed by atoms with van der Waals surface area (Å²) in [7, 11) is 0. The summed E-state index contributed by atoms with van der Waals surface area (Å²) in [4.78, 5) is 19.0. The van der Waals surface area contributed by atoms with Crippen LogP contribution in [0.15, 0.2) is 87.0 Å². The van der Waals surface area contributed by atoms with Crippen molar-refractivity contribution in [2.75, 3.05) is 0 Å². The number of nitrogens with zero attached hydrogens (tertiary/aromatic N) is 4. The minimum Gasteiger partial charge on any atom is -0.420 e. The highest BCUT2D eigenvalue weighted by molar-refractivity contribution is 7.98. The third kappa shape index (κ3) is 4.27. The zero-order chi connectivity index (χ0) is 22.8. The van der Waals surface area contributed by atoms with Gasteiger partial charge in [-0.2, -0.15) is 0 Å². The van der Waals surface area contributed by atoms with Gasteiger partial charge in [-0.05, 0) is 24.6 Å². The van der Waals surface area contributed by atoms with E-state index in [9.17, 15) is 4.79 Å². The maximum atomic E-state index is 13.5. The van der Waals surface area contributed by atoms with Crippen molar-refractivity contribution in [1.29, 1.82) is 0 Å². The Hall–Kier alpha value is -3.49. The summed E-state index contributed by atoms with van der Waals surface area (Å²) in [6, 6.07) is 17.8. The van der Waals surface area contributed by atoms with Crippen molar-refractivity contribution in [2.24, 2.45) is 0 Å². The molecule has 0 unspecified atom stereocenters. The lowest BCUT2D eigenvalue weighted by atomic mass is 10.1. The Morgan fingerprint density at radius 1 is 1.09 bits per heavy atom. The first-order chi connectivity index (χ1) is 16.1. The average molecular weight is 473 g/mol. The molecular formula is C25H20N4O2S2. The molecular weight excluding hydrogens is 452 g/mol. The zero-order valence-electron chi connectivity index (χ0n) is 17.9. The average Bonchev–Trinajstić information content (AvgIpc) is 3.48. The van der Waals surface area contributed by atoms with Crippen molar-refractivity contribution in [3.63, 3.8) is 0 Å². The molecule has 3 aromatic heterocycles. The molecule has 8 heteroatoms. The molecule has 0 saturated carbocycles. The minimum absolute atomic E-state index is 0.0743. The Kier molecular flexibility index (Phi) is 5.93. The second-order valence-corrected chi connectivity index (χ2v) is 9.25. The molecule has 0 N–H and O–H groups in total. The number of rotatable bonds is 7. The van der Waals surface area contributed by atoms with Gasteiger partial charge in [-0.3, -0.25) is 9.36 Å². The minimum atomic E-state index is -0.0743. The van der Waals surface area contributed by atoms with Crippen LogP contribution in [-0.2, 0) is 12.3 Å². The molecule has 0 atom stereocenters. The monoisotopic (exact) mass is 472 g/mol. The zero-order valence-corrected chi connectivity index (χ0v) is 19.5. The molecule has 0 spiro atoms. The second-order valence-electron chi connectivity index (χ2n) is 7.45. The fraction of sp³-hybridized carbons (Fsp3) is 0.120. The smallest absolute Gasteiger partial charge is 0.263 e. The van der Waals surface area contributed by atoms with Crippen LogP contribution >= 0.6 is 23.1 Å². The Labute approximate surface area is 198 Å². The van der Waals surface area contributed by atoms with Gasteiger partial charge in [0, 0.05) is 23.1 Å². The SMILES string of the molecule is C=CCn1c(SCc2nnc(-c3ccccc3)o2)nc2scc(-c3ccc(C)cc3)c2c1=O. The fourth-order valence-corrected chi connectivity index (χ4v) is 5.32. The fourth-order valence-electron chi connectivity index (χ4n) is 3.49. The molecule has 0 fully saturated rings. The van der Waals surface area contributed by atoms with E-state index in [1.54, 1.807) is 10.6 Å². The van der Waals surface area contributed by atoms with E-state index < -0.39 is 0 Å². The van der Waals surface area contributed by atoms with Crippen LogP contribution < -0.4 is 5.56 Å². The van der Waals surface area contributed by atoms with E-state index >= 15 is 0 Å². The van der Waals surface area contributed by atoms with Crippen LogP contribution in [-0.4, -0.2) is 19.7 Å². The summed E-state index contributed by atoms with van der Waals surface area (Å²) in [5.74, 6) is 1.36. The van der Waals surface area contributed by atoms with Crippen molar-refractivity contribution in [1.82, 2.24) is 19.7 Å². The first-order valence-electron chi connectivity index (χ1n) is 10.3. The van der Waals surface area contributed by atoms with Gasteiger partial charge in [-0.1, -0.05) is 65.9 Å². The molecule has 0 aliphatic carbocycles. The Morgan fingerprint density at radius 3 is 2.64 bits per heavy atom. The third-order valence-corrected chi connectivity index (χ3v) is 6.98. The molecule has 5 rings (SSSR count). The van der Waals surface area contributed by atoms with Crippen molar-refractivity contribution < 1.29 is 4.42 Å². The standard InChI is InChI=1S/C25H20N4O2S2/c1-3-13-29-24(30)21-19(17-11-9-16(2)10-12-17)14-32-23(21)26-25(29)33-15-20-27-28-22(31-20)18-7-5-4-6-8-18/h3-12,14H,1,13,15H2,2H3. The lowest BCUT2D eigenvalue weighted by Crippen LogP contribution is -2.22. The van der Waals surface area contributed by atoms with Crippen LogP contribution in [0.1, 0.15) is 11.5 Å². The molecule has 0 aliphatic rings. The van der Waals surface area contributed by atoms with E-state index in [0.717, 1.165) is 16.7 Å². The molecule has 2 aromatic carbocycles. The molecule has 5 aromatic rings. The van der Waals surface area contributed by atoms with Crippen LogP contribution in [0.5, 0.6) is 0 Å². The van der Waals surface area contributed by atoms with Crippen LogP contribution in [0.4, 0.5) is 0 Å². The highest BCUT2D eigenvalue weighted by Gasteiger charge is 2.18. The Bertz CT molecular complexity index is 1480. The van der Waals surface area contributed by atoms with Gasteiger partial charge in [-0.25, -0.2) is 4.98 Å². The normalized spacial score (nSPS) is 11.2. The quantitative estimate of drug-likeness (QED) is 0.165. The van der Waals surface area contributed by atoms with E-state index in [1.165, 1.54) is 28.7 Å². The predicted molar refractivity (Wildman–Crippen MR) is 134 cm³/mol. The predicted octanol–water partition coefficient (Wildman–Crippen LogP) is 5.96. The summed E-state index contributed by atoms with van der Waals surface area (Å²) >= 11 is 2.88. The maximum Gasteiger partial charge on any atom is 0.263 e. The third-order valence-electron chi connectivity index (χ3n) is 5.15. The van der Waals surface area contributed by atoms with Crippen molar-refractivity contribution in [2.45, 2.75) is 24.4 Å². The van der Waals surface area contributed by atoms with Gasteiger partial charge in [0.2, 0.25) is 11.8 Å². The van der Waals surface area contributed by atoms with E-state index in [1.807, 2.05) is 66.9 Å². The molecule has 3 heterocycles. The van der Waals surface area contributed by atoms with Gasteiger partial charge in [0.25, 0.3) is 5.56 Å². The number of aryl methyl sites for hydroxylation is 1. The van der Waals surface area contributed by atoms with Gasteiger partial charge in [0.1, 0.15) is 4.83 Å². The number of hydrogen-bond donors (Lipinski definition) is 0. The molecule has 164 valence electrons. The summed E-state index contributed by atoms with van der Waals surface area (Å²) in [5, 5.41) is 11.5. The van der Waals surface area contributed by atoms with Crippen LogP contribution in [0, 0.1) is 6.92 Å². The summed E-state index contributed by atoms with van der Waals surface area (Å²) in [6.45, 7) is 6.23. The summed E-state index contributed by atoms with van der Waals surface area (Å²) in [5.41, 5.74) is 3.89. The number of thioether (sulfide) groups is 1. The Balaban J connectivity index is 1.48. The lowest BCUT2D eigenvalue weighted by Gasteiger charge is -2.10. The van der Waals surface area contributed by atoms with Gasteiger partial charge in [-0.15, -0.1) is 28.1 Å². The van der Waals surface area contributed by atoms with Gasteiger partial charge < -0.3 is 4.42 Å². The van der Waals surface area contributed by atoms with E-state index in [4.69, 9.17) is 9.40 Å². The number of aromatic nitrogens is 4. The molecule has 0 saturated heterocycles. The number of benzene rings is 2. The van der Waals surface area contributed by atoms with Gasteiger partial charge in [0.05, 0.1) is 11.1 Å². The van der Waals surface area contributed by atoms with Crippen molar-refractivity contribution >= 4 is 33.3 Å². The number of thiophene rings is 1. The molecule has 0 amide bonds. The largest absolute Gasteiger partial charge is 0.420 e. The molecule has 0 aliphatic heterocycles. The first kappa shape index (κ1) is 21.4. The van der Waals surface area contributed by atoms with E-state index in [2.05, 4.69) is 16.8 Å². The van der Waals surface area contributed by atoms with Crippen LogP contribution in [0.25, 0.3) is 32.8 Å². The maximum absolute atomic E-state index is 13.5. The summed E-state index contributed by atoms with van der Waals surface area (Å²) < 4.78 is 7.46.